The Morgan fingerprint density at radius 3 is 2.62 bits per heavy atom. The average molecular weight is 465 g/mol. The van der Waals surface area contributed by atoms with Crippen LogP contribution in [0.1, 0.15) is 47.3 Å². The molecule has 1 aliphatic carbocycles. The molecule has 0 radical (unpaired) electrons. The fraction of sp³-hybridized carbons (Fsp3) is 0.360. The number of rotatable bonds is 10. The van der Waals surface area contributed by atoms with E-state index in [0.29, 0.717) is 6.61 Å². The number of pyridine rings is 1. The predicted octanol–water partition coefficient (Wildman–Crippen LogP) is 3.20. The number of benzene rings is 1. The molecule has 178 valence electrons. The zero-order valence-corrected chi connectivity index (χ0v) is 18.8. The normalized spacial score (nSPS) is 17.8. The molecule has 0 unspecified atom stereocenters. The molecule has 1 aliphatic rings. The number of carboxylic acids is 1. The van der Waals surface area contributed by atoms with Crippen LogP contribution in [0.25, 0.3) is 0 Å². The lowest BCUT2D eigenvalue weighted by Gasteiger charge is -2.32. The Kier molecular flexibility index (Phi) is 7.87. The van der Waals surface area contributed by atoms with Gasteiger partial charge in [-0.05, 0) is 24.5 Å². The van der Waals surface area contributed by atoms with Crippen LogP contribution >= 0.6 is 0 Å². The highest BCUT2D eigenvalue weighted by molar-refractivity contribution is 5.85. The van der Waals surface area contributed by atoms with E-state index >= 15 is 0 Å². The van der Waals surface area contributed by atoms with Crippen LogP contribution in [0.3, 0.4) is 0 Å². The molecule has 0 spiro atoms. The summed E-state index contributed by atoms with van der Waals surface area (Å²) in [5.74, 6) is -1.25. The minimum Gasteiger partial charge on any atom is -0.476 e. The zero-order valence-electron chi connectivity index (χ0n) is 18.8. The Balaban J connectivity index is 1.38. The molecule has 4 rings (SSSR count). The van der Waals surface area contributed by atoms with Crippen molar-refractivity contribution in [3.63, 3.8) is 0 Å². The van der Waals surface area contributed by atoms with Crippen LogP contribution < -0.4 is 10.1 Å². The van der Waals surface area contributed by atoms with Crippen molar-refractivity contribution in [2.45, 2.75) is 57.6 Å². The summed E-state index contributed by atoms with van der Waals surface area (Å²) < 4.78 is 13.2. The third-order valence-electron chi connectivity index (χ3n) is 5.72. The number of carbonyl (C=O) groups excluding carboxylic acids is 1. The minimum absolute atomic E-state index is 0.0774. The highest BCUT2D eigenvalue weighted by Crippen LogP contribution is 2.23. The fourth-order valence-corrected chi connectivity index (χ4v) is 4.00. The van der Waals surface area contributed by atoms with E-state index in [1.807, 2.05) is 36.4 Å². The zero-order chi connectivity index (χ0) is 23.8. The summed E-state index contributed by atoms with van der Waals surface area (Å²) in [4.78, 5) is 28.3. The maximum absolute atomic E-state index is 12.9. The maximum atomic E-state index is 12.9. The number of aromatic nitrogens is 3. The molecule has 1 fully saturated rings. The van der Waals surface area contributed by atoms with Gasteiger partial charge in [-0.25, -0.2) is 9.48 Å². The van der Waals surface area contributed by atoms with E-state index in [2.05, 4.69) is 15.4 Å². The minimum atomic E-state index is -1.19. The first-order chi connectivity index (χ1) is 16.6. The lowest BCUT2D eigenvalue weighted by atomic mass is 9.92. The van der Waals surface area contributed by atoms with Crippen molar-refractivity contribution in [2.75, 3.05) is 0 Å². The Morgan fingerprint density at radius 2 is 1.85 bits per heavy atom. The molecule has 9 heteroatoms. The molecular formula is C25H28N4O5. The standard InChI is InChI=1S/C25H28N4O5/c30-23(27-20-10-4-5-11-22(20)33-16-18-7-2-1-3-8-18)15-29-24(13-21(28-29)25(31)32)34-17-19-9-6-12-26-14-19/h1-3,6-9,12-14,20,22H,4-5,10-11,15-17H2,(H,27,30)(H,31,32)/t20-,22-/m0/s1. The van der Waals surface area contributed by atoms with Crippen molar-refractivity contribution < 1.29 is 24.2 Å². The topological polar surface area (TPSA) is 116 Å². The Bertz CT molecular complexity index is 1090. The fourth-order valence-electron chi connectivity index (χ4n) is 4.00. The predicted molar refractivity (Wildman–Crippen MR) is 123 cm³/mol. The maximum Gasteiger partial charge on any atom is 0.356 e. The number of aromatic carboxylic acids is 1. The van der Waals surface area contributed by atoms with E-state index in [1.165, 1.54) is 10.7 Å². The molecule has 1 aromatic carbocycles. The van der Waals surface area contributed by atoms with Crippen LogP contribution in [0.2, 0.25) is 0 Å². The van der Waals surface area contributed by atoms with Gasteiger partial charge in [-0.15, -0.1) is 0 Å². The second-order valence-corrected chi connectivity index (χ2v) is 8.27. The summed E-state index contributed by atoms with van der Waals surface area (Å²) in [5.41, 5.74) is 1.72. The van der Waals surface area contributed by atoms with Gasteiger partial charge in [-0.3, -0.25) is 9.78 Å². The van der Waals surface area contributed by atoms with Gasteiger partial charge in [0.15, 0.2) is 5.69 Å². The van der Waals surface area contributed by atoms with E-state index in [1.54, 1.807) is 18.5 Å². The smallest absolute Gasteiger partial charge is 0.356 e. The molecule has 0 aliphatic heterocycles. The first-order valence-corrected chi connectivity index (χ1v) is 11.4. The van der Waals surface area contributed by atoms with Gasteiger partial charge in [0.2, 0.25) is 11.8 Å². The van der Waals surface area contributed by atoms with Gasteiger partial charge in [0.05, 0.1) is 18.8 Å². The van der Waals surface area contributed by atoms with E-state index < -0.39 is 5.97 Å². The van der Waals surface area contributed by atoms with Gasteiger partial charge in [0.25, 0.3) is 0 Å². The summed E-state index contributed by atoms with van der Waals surface area (Å²) in [6, 6.07) is 14.8. The molecule has 9 nitrogen and oxygen atoms in total. The molecule has 0 saturated heterocycles. The van der Waals surface area contributed by atoms with E-state index in [0.717, 1.165) is 36.8 Å². The van der Waals surface area contributed by atoms with Crippen LogP contribution in [-0.2, 0) is 29.3 Å². The first-order valence-electron chi connectivity index (χ1n) is 11.4. The Morgan fingerprint density at radius 1 is 1.06 bits per heavy atom. The highest BCUT2D eigenvalue weighted by Gasteiger charge is 2.28. The number of hydrogen-bond acceptors (Lipinski definition) is 6. The van der Waals surface area contributed by atoms with Crippen molar-refractivity contribution in [1.82, 2.24) is 20.1 Å². The molecule has 1 saturated carbocycles. The van der Waals surface area contributed by atoms with Crippen LogP contribution in [0.4, 0.5) is 0 Å². The second-order valence-electron chi connectivity index (χ2n) is 8.27. The summed E-state index contributed by atoms with van der Waals surface area (Å²) >= 11 is 0. The molecule has 0 bridgehead atoms. The van der Waals surface area contributed by atoms with E-state index in [4.69, 9.17) is 9.47 Å². The lowest BCUT2D eigenvalue weighted by Crippen LogP contribution is -2.47. The molecule has 3 aromatic rings. The number of ether oxygens (including phenoxy) is 2. The van der Waals surface area contributed by atoms with Crippen molar-refractivity contribution in [3.8, 4) is 5.88 Å². The van der Waals surface area contributed by atoms with Crippen molar-refractivity contribution in [2.24, 2.45) is 0 Å². The van der Waals surface area contributed by atoms with Gasteiger partial charge in [-0.1, -0.05) is 49.2 Å². The largest absolute Gasteiger partial charge is 0.476 e. The molecule has 34 heavy (non-hydrogen) atoms. The van der Waals surface area contributed by atoms with Gasteiger partial charge in [0.1, 0.15) is 13.2 Å². The Labute approximate surface area is 197 Å². The average Bonchev–Trinajstić information content (AvgIpc) is 3.26. The van der Waals surface area contributed by atoms with Crippen LogP contribution in [0.15, 0.2) is 60.9 Å². The van der Waals surface area contributed by atoms with Gasteiger partial charge in [-0.2, -0.15) is 5.10 Å². The third-order valence-corrected chi connectivity index (χ3v) is 5.72. The van der Waals surface area contributed by atoms with E-state index in [-0.39, 0.29) is 42.8 Å². The number of hydrogen-bond donors (Lipinski definition) is 2. The van der Waals surface area contributed by atoms with Crippen molar-refractivity contribution in [1.29, 1.82) is 0 Å². The van der Waals surface area contributed by atoms with Crippen LogP contribution in [0.5, 0.6) is 5.88 Å². The van der Waals surface area contributed by atoms with Crippen LogP contribution in [-0.4, -0.2) is 43.9 Å². The number of amides is 1. The first kappa shape index (κ1) is 23.4. The van der Waals surface area contributed by atoms with Gasteiger partial charge < -0.3 is 19.9 Å². The SMILES string of the molecule is O=C(Cn1nc(C(=O)O)cc1OCc1cccnc1)N[C@H]1CCCC[C@@H]1OCc1ccccc1. The molecule has 1 amide bonds. The second kappa shape index (κ2) is 11.4. The summed E-state index contributed by atoms with van der Waals surface area (Å²) in [6.07, 6.45) is 7.01. The molecule has 2 atom stereocenters. The number of carbonyl (C=O) groups is 2. The van der Waals surface area contributed by atoms with Crippen LogP contribution in [0, 0.1) is 0 Å². The third kappa shape index (κ3) is 6.41. The van der Waals surface area contributed by atoms with Crippen molar-refractivity contribution in [3.05, 3.63) is 77.7 Å². The Hall–Kier alpha value is -3.72. The van der Waals surface area contributed by atoms with Gasteiger partial charge >= 0.3 is 5.97 Å². The van der Waals surface area contributed by atoms with Gasteiger partial charge in [0, 0.05) is 24.0 Å². The molecule has 2 aromatic heterocycles. The van der Waals surface area contributed by atoms with Crippen molar-refractivity contribution >= 4 is 11.9 Å². The number of nitrogens with one attached hydrogen (secondary N) is 1. The molecular weight excluding hydrogens is 436 g/mol. The lowest BCUT2D eigenvalue weighted by molar-refractivity contribution is -0.124. The molecule has 2 heterocycles. The number of nitrogens with zero attached hydrogens (tertiary/aromatic N) is 3. The summed E-state index contributed by atoms with van der Waals surface area (Å²) in [7, 11) is 0. The van der Waals surface area contributed by atoms with E-state index in [9.17, 15) is 14.7 Å². The quantitative estimate of drug-likeness (QED) is 0.473. The monoisotopic (exact) mass is 464 g/mol. The highest BCUT2D eigenvalue weighted by atomic mass is 16.5. The number of carboxylic acid groups (broad SMARTS) is 1. The summed E-state index contributed by atoms with van der Waals surface area (Å²) in [6.45, 7) is 0.515. The summed E-state index contributed by atoms with van der Waals surface area (Å²) in [5, 5.41) is 16.4. The molecule has 2 N–H and O–H groups in total.